The number of hydrogen-bond donors (Lipinski definition) is 0. The second kappa shape index (κ2) is 9.04. The fourth-order valence-electron chi connectivity index (χ4n) is 5.17. The molecule has 5 rings (SSSR count). The zero-order valence-corrected chi connectivity index (χ0v) is 18.9. The van der Waals surface area contributed by atoms with Crippen molar-refractivity contribution < 1.29 is 14.1 Å². The summed E-state index contributed by atoms with van der Waals surface area (Å²) in [4.78, 5) is 17.8. The van der Waals surface area contributed by atoms with Gasteiger partial charge in [0.15, 0.2) is 5.76 Å². The van der Waals surface area contributed by atoms with Crippen LogP contribution >= 0.6 is 0 Å². The molecule has 2 aliphatic heterocycles. The zero-order chi connectivity index (χ0) is 22.1. The Bertz CT molecular complexity index is 1060. The van der Waals surface area contributed by atoms with Gasteiger partial charge in [-0.25, -0.2) is 0 Å². The Hall–Kier alpha value is -2.70. The number of morpholine rings is 1. The highest BCUT2D eigenvalue weighted by molar-refractivity contribution is 6.01. The van der Waals surface area contributed by atoms with Crippen LogP contribution in [0.4, 0.5) is 0 Å². The molecule has 168 valence electrons. The van der Waals surface area contributed by atoms with Gasteiger partial charge < -0.3 is 14.2 Å². The Morgan fingerprint density at radius 2 is 1.75 bits per heavy atom. The molecule has 2 fully saturated rings. The second-order valence-electron chi connectivity index (χ2n) is 9.32. The third-order valence-electron chi connectivity index (χ3n) is 6.67. The number of ether oxygens (including phenoxy) is 1. The van der Waals surface area contributed by atoms with Crippen LogP contribution in [0.15, 0.2) is 53.1 Å². The number of fused-ring (bicyclic) bond motifs is 1. The molecule has 2 aliphatic rings. The largest absolute Gasteiger partial charge is 0.373 e. The van der Waals surface area contributed by atoms with E-state index in [2.05, 4.69) is 23.9 Å². The van der Waals surface area contributed by atoms with Crippen molar-refractivity contribution in [1.82, 2.24) is 15.0 Å². The van der Waals surface area contributed by atoms with Gasteiger partial charge in [-0.15, -0.1) is 0 Å². The molecule has 2 atom stereocenters. The first-order chi connectivity index (χ1) is 15.6. The molecule has 1 aromatic heterocycles. The van der Waals surface area contributed by atoms with Crippen LogP contribution in [0.3, 0.4) is 0 Å². The van der Waals surface area contributed by atoms with Crippen LogP contribution in [0.1, 0.15) is 37.0 Å². The van der Waals surface area contributed by atoms with Gasteiger partial charge in [-0.3, -0.25) is 9.69 Å². The monoisotopic (exact) mass is 433 g/mol. The number of amides is 1. The molecule has 2 unspecified atom stereocenters. The lowest BCUT2D eigenvalue weighted by Gasteiger charge is -2.39. The van der Waals surface area contributed by atoms with Gasteiger partial charge in [0, 0.05) is 43.9 Å². The van der Waals surface area contributed by atoms with Gasteiger partial charge in [0.1, 0.15) is 5.52 Å². The number of aromatic nitrogens is 1. The van der Waals surface area contributed by atoms with Crippen molar-refractivity contribution in [3.8, 4) is 11.3 Å². The van der Waals surface area contributed by atoms with Gasteiger partial charge in [-0.1, -0.05) is 35.5 Å². The van der Waals surface area contributed by atoms with Crippen LogP contribution in [0.5, 0.6) is 0 Å². The maximum absolute atomic E-state index is 13.2. The molecule has 0 spiro atoms. The number of rotatable bonds is 4. The average molecular weight is 434 g/mol. The molecule has 0 bridgehead atoms. The van der Waals surface area contributed by atoms with Crippen molar-refractivity contribution in [1.29, 1.82) is 0 Å². The van der Waals surface area contributed by atoms with Gasteiger partial charge in [-0.2, -0.15) is 0 Å². The summed E-state index contributed by atoms with van der Waals surface area (Å²) in [5.41, 5.74) is 2.44. The molecule has 2 aromatic carbocycles. The van der Waals surface area contributed by atoms with E-state index < -0.39 is 0 Å². The SMILES string of the molecule is CC1CN(CC2CCN(C(=O)c3ccc4noc(-c5ccccc5)c4c3)CC2)CC(C)O1. The van der Waals surface area contributed by atoms with E-state index in [1.165, 1.54) is 0 Å². The third-order valence-corrected chi connectivity index (χ3v) is 6.67. The van der Waals surface area contributed by atoms with Crippen molar-refractivity contribution in [2.75, 3.05) is 32.7 Å². The van der Waals surface area contributed by atoms with Gasteiger partial charge >= 0.3 is 0 Å². The van der Waals surface area contributed by atoms with Crippen molar-refractivity contribution in [2.24, 2.45) is 5.92 Å². The van der Waals surface area contributed by atoms with E-state index in [4.69, 9.17) is 9.26 Å². The Labute approximate surface area is 189 Å². The summed E-state index contributed by atoms with van der Waals surface area (Å²) < 4.78 is 11.5. The van der Waals surface area contributed by atoms with E-state index >= 15 is 0 Å². The third kappa shape index (κ3) is 4.43. The Balaban J connectivity index is 1.24. The van der Waals surface area contributed by atoms with E-state index in [9.17, 15) is 4.79 Å². The molecule has 0 radical (unpaired) electrons. The van der Waals surface area contributed by atoms with Crippen LogP contribution in [-0.4, -0.2) is 65.8 Å². The van der Waals surface area contributed by atoms with Crippen LogP contribution in [-0.2, 0) is 4.74 Å². The predicted octanol–water partition coefficient (Wildman–Crippen LogP) is 4.46. The van der Waals surface area contributed by atoms with E-state index in [-0.39, 0.29) is 5.91 Å². The fourth-order valence-corrected chi connectivity index (χ4v) is 5.17. The summed E-state index contributed by atoms with van der Waals surface area (Å²) in [6, 6.07) is 15.6. The van der Waals surface area contributed by atoms with E-state index in [1.807, 2.05) is 53.4 Å². The van der Waals surface area contributed by atoms with Gasteiger partial charge in [-0.05, 0) is 50.8 Å². The summed E-state index contributed by atoms with van der Waals surface area (Å²) in [5, 5.41) is 5.05. The number of benzene rings is 2. The summed E-state index contributed by atoms with van der Waals surface area (Å²) in [7, 11) is 0. The number of carbonyl (C=O) groups is 1. The Kier molecular flexibility index (Phi) is 5.98. The quantitative estimate of drug-likeness (QED) is 0.608. The molecular formula is C26H31N3O3. The second-order valence-corrected chi connectivity index (χ2v) is 9.32. The minimum Gasteiger partial charge on any atom is -0.373 e. The average Bonchev–Trinajstić information content (AvgIpc) is 3.22. The van der Waals surface area contributed by atoms with Crippen molar-refractivity contribution >= 4 is 16.8 Å². The maximum Gasteiger partial charge on any atom is 0.253 e. The summed E-state index contributed by atoms with van der Waals surface area (Å²) in [6.07, 6.45) is 2.70. The van der Waals surface area contributed by atoms with Crippen LogP contribution in [0, 0.1) is 5.92 Å². The summed E-state index contributed by atoms with van der Waals surface area (Å²) in [5.74, 6) is 1.45. The number of piperidine rings is 1. The number of carbonyl (C=O) groups excluding carboxylic acids is 1. The number of likely N-dealkylation sites (tertiary alicyclic amines) is 1. The number of nitrogens with zero attached hydrogens (tertiary/aromatic N) is 3. The van der Waals surface area contributed by atoms with E-state index in [0.29, 0.717) is 29.4 Å². The molecule has 2 saturated heterocycles. The first-order valence-corrected chi connectivity index (χ1v) is 11.7. The Morgan fingerprint density at radius 3 is 2.47 bits per heavy atom. The van der Waals surface area contributed by atoms with Crippen LogP contribution < -0.4 is 0 Å². The first-order valence-electron chi connectivity index (χ1n) is 11.7. The molecule has 6 heteroatoms. The molecule has 32 heavy (non-hydrogen) atoms. The fraction of sp³-hybridized carbons (Fsp3) is 0.462. The molecule has 6 nitrogen and oxygen atoms in total. The van der Waals surface area contributed by atoms with Gasteiger partial charge in [0.05, 0.1) is 17.6 Å². The Morgan fingerprint density at radius 1 is 1.03 bits per heavy atom. The lowest BCUT2D eigenvalue weighted by atomic mass is 9.95. The summed E-state index contributed by atoms with van der Waals surface area (Å²) >= 11 is 0. The normalized spacial score (nSPS) is 23.0. The first kappa shape index (κ1) is 21.2. The molecule has 0 N–H and O–H groups in total. The summed E-state index contributed by atoms with van der Waals surface area (Å²) in [6.45, 7) is 9.04. The van der Waals surface area contributed by atoms with E-state index in [1.54, 1.807) is 0 Å². The zero-order valence-electron chi connectivity index (χ0n) is 18.9. The molecule has 1 amide bonds. The topological polar surface area (TPSA) is 58.8 Å². The van der Waals surface area contributed by atoms with Crippen LogP contribution in [0.25, 0.3) is 22.2 Å². The minimum atomic E-state index is 0.0965. The highest BCUT2D eigenvalue weighted by Crippen LogP contribution is 2.30. The van der Waals surface area contributed by atoms with Crippen molar-refractivity contribution in [3.63, 3.8) is 0 Å². The van der Waals surface area contributed by atoms with Gasteiger partial charge in [0.25, 0.3) is 5.91 Å². The van der Waals surface area contributed by atoms with Gasteiger partial charge in [0.2, 0.25) is 0 Å². The lowest BCUT2D eigenvalue weighted by molar-refractivity contribution is -0.0728. The molecular weight excluding hydrogens is 402 g/mol. The highest BCUT2D eigenvalue weighted by atomic mass is 16.5. The lowest BCUT2D eigenvalue weighted by Crippen LogP contribution is -2.48. The molecule has 3 heterocycles. The molecule has 0 saturated carbocycles. The standard InChI is InChI=1S/C26H31N3O3/c1-18-15-28(16-19(2)31-18)17-20-10-12-29(13-11-20)26(30)22-8-9-24-23(14-22)25(32-27-24)21-6-4-3-5-7-21/h3-9,14,18-20H,10-13,15-17H2,1-2H3. The maximum atomic E-state index is 13.2. The predicted molar refractivity (Wildman–Crippen MR) is 125 cm³/mol. The van der Waals surface area contributed by atoms with Crippen molar-refractivity contribution in [3.05, 3.63) is 54.1 Å². The smallest absolute Gasteiger partial charge is 0.253 e. The number of hydrogen-bond acceptors (Lipinski definition) is 5. The minimum absolute atomic E-state index is 0.0965. The van der Waals surface area contributed by atoms with Crippen LogP contribution in [0.2, 0.25) is 0 Å². The highest BCUT2D eigenvalue weighted by Gasteiger charge is 2.28. The molecule has 0 aliphatic carbocycles. The van der Waals surface area contributed by atoms with E-state index in [0.717, 1.165) is 62.0 Å². The molecule has 3 aromatic rings. The van der Waals surface area contributed by atoms with Crippen molar-refractivity contribution in [2.45, 2.75) is 38.9 Å².